The number of rotatable bonds is 4. The van der Waals surface area contributed by atoms with Gasteiger partial charge in [-0.3, -0.25) is 9.89 Å². The van der Waals surface area contributed by atoms with E-state index in [0.717, 1.165) is 36.9 Å². The summed E-state index contributed by atoms with van der Waals surface area (Å²) in [4.78, 5) is 12.5. The average Bonchev–Trinajstić information content (AvgIpc) is 2.99. The molecule has 0 aliphatic heterocycles. The maximum absolute atomic E-state index is 12.5. The standard InChI is InChI=1S/C16H19N3O3/c1-21-10-7-8-13(14(9-10)22-2)17-16(20)15-11-5-3-4-6-12(11)18-19-15/h7-9H,3-6H2,1-2H3,(H,17,20)(H,18,19). The lowest BCUT2D eigenvalue weighted by Gasteiger charge is -2.13. The Labute approximate surface area is 128 Å². The summed E-state index contributed by atoms with van der Waals surface area (Å²) < 4.78 is 10.4. The highest BCUT2D eigenvalue weighted by Crippen LogP contribution is 2.30. The fourth-order valence-corrected chi connectivity index (χ4v) is 2.75. The Morgan fingerprint density at radius 1 is 1.23 bits per heavy atom. The Hall–Kier alpha value is -2.50. The third kappa shape index (κ3) is 2.64. The van der Waals surface area contributed by atoms with Gasteiger partial charge in [-0.25, -0.2) is 0 Å². The quantitative estimate of drug-likeness (QED) is 0.910. The Morgan fingerprint density at radius 3 is 2.82 bits per heavy atom. The maximum atomic E-state index is 12.5. The van der Waals surface area contributed by atoms with Crippen LogP contribution in [0.15, 0.2) is 18.2 Å². The highest BCUT2D eigenvalue weighted by molar-refractivity contribution is 6.04. The van der Waals surface area contributed by atoms with Crippen molar-refractivity contribution in [2.45, 2.75) is 25.7 Å². The van der Waals surface area contributed by atoms with Crippen molar-refractivity contribution in [2.75, 3.05) is 19.5 Å². The second kappa shape index (κ2) is 6.09. The van der Waals surface area contributed by atoms with Crippen LogP contribution in [0.4, 0.5) is 5.69 Å². The lowest BCUT2D eigenvalue weighted by Crippen LogP contribution is -2.16. The van der Waals surface area contributed by atoms with Gasteiger partial charge in [0.05, 0.1) is 19.9 Å². The van der Waals surface area contributed by atoms with Crippen molar-refractivity contribution in [1.29, 1.82) is 0 Å². The highest BCUT2D eigenvalue weighted by atomic mass is 16.5. The number of amides is 1. The number of aromatic amines is 1. The van der Waals surface area contributed by atoms with Crippen LogP contribution in [-0.2, 0) is 12.8 Å². The summed E-state index contributed by atoms with van der Waals surface area (Å²) >= 11 is 0. The van der Waals surface area contributed by atoms with Crippen LogP contribution in [0.5, 0.6) is 11.5 Å². The molecule has 0 fully saturated rings. The van der Waals surface area contributed by atoms with Crippen LogP contribution in [0.1, 0.15) is 34.6 Å². The molecule has 1 aromatic heterocycles. The molecule has 116 valence electrons. The molecule has 0 saturated carbocycles. The number of fused-ring (bicyclic) bond motifs is 1. The zero-order valence-corrected chi connectivity index (χ0v) is 12.7. The molecule has 2 aromatic rings. The van der Waals surface area contributed by atoms with Crippen molar-refractivity contribution in [2.24, 2.45) is 0 Å². The fraction of sp³-hybridized carbons (Fsp3) is 0.375. The Kier molecular flexibility index (Phi) is 4.00. The molecular weight excluding hydrogens is 282 g/mol. The molecule has 1 aliphatic rings. The summed E-state index contributed by atoms with van der Waals surface area (Å²) in [6, 6.07) is 5.27. The van der Waals surface area contributed by atoms with Crippen molar-refractivity contribution in [3.05, 3.63) is 35.2 Å². The molecule has 0 spiro atoms. The van der Waals surface area contributed by atoms with Crippen LogP contribution in [0.2, 0.25) is 0 Å². The summed E-state index contributed by atoms with van der Waals surface area (Å²) in [6.07, 6.45) is 4.09. The Bertz CT molecular complexity index is 694. The van der Waals surface area contributed by atoms with Gasteiger partial charge in [-0.1, -0.05) is 0 Å². The normalized spacial score (nSPS) is 13.4. The van der Waals surface area contributed by atoms with Gasteiger partial charge in [0.1, 0.15) is 11.5 Å². The Morgan fingerprint density at radius 2 is 2.05 bits per heavy atom. The van der Waals surface area contributed by atoms with E-state index in [1.54, 1.807) is 32.4 Å². The molecule has 6 heteroatoms. The minimum atomic E-state index is -0.220. The smallest absolute Gasteiger partial charge is 0.276 e. The van der Waals surface area contributed by atoms with Gasteiger partial charge in [0, 0.05) is 17.3 Å². The summed E-state index contributed by atoms with van der Waals surface area (Å²) in [5.74, 6) is 1.01. The van der Waals surface area contributed by atoms with Crippen LogP contribution in [0.25, 0.3) is 0 Å². The molecule has 22 heavy (non-hydrogen) atoms. The highest BCUT2D eigenvalue weighted by Gasteiger charge is 2.22. The number of carbonyl (C=O) groups is 1. The Balaban J connectivity index is 1.84. The van der Waals surface area contributed by atoms with E-state index in [1.807, 2.05) is 0 Å². The van der Waals surface area contributed by atoms with Gasteiger partial charge in [0.15, 0.2) is 5.69 Å². The molecular formula is C16H19N3O3. The SMILES string of the molecule is COc1ccc(NC(=O)c2n[nH]c3c2CCCC3)c(OC)c1. The molecule has 0 radical (unpaired) electrons. The van der Waals surface area contributed by atoms with Crippen LogP contribution in [0.3, 0.4) is 0 Å². The molecule has 1 heterocycles. The summed E-state index contributed by atoms with van der Waals surface area (Å²) in [7, 11) is 3.14. The lowest BCUT2D eigenvalue weighted by molar-refractivity contribution is 0.102. The molecule has 2 N–H and O–H groups in total. The van der Waals surface area contributed by atoms with Gasteiger partial charge in [0.25, 0.3) is 5.91 Å². The molecule has 0 atom stereocenters. The van der Waals surface area contributed by atoms with E-state index in [1.165, 1.54) is 0 Å². The van der Waals surface area contributed by atoms with Crippen molar-refractivity contribution in [3.8, 4) is 11.5 Å². The number of H-pyrrole nitrogens is 1. The molecule has 0 saturated heterocycles. The first kappa shape index (κ1) is 14.4. The topological polar surface area (TPSA) is 76.2 Å². The van der Waals surface area contributed by atoms with Crippen LogP contribution < -0.4 is 14.8 Å². The average molecular weight is 301 g/mol. The molecule has 6 nitrogen and oxygen atoms in total. The number of hydrogen-bond donors (Lipinski definition) is 2. The second-order valence-corrected chi connectivity index (χ2v) is 5.26. The zero-order chi connectivity index (χ0) is 15.5. The molecule has 1 aliphatic carbocycles. The monoisotopic (exact) mass is 301 g/mol. The number of benzene rings is 1. The van der Waals surface area contributed by atoms with E-state index < -0.39 is 0 Å². The van der Waals surface area contributed by atoms with Crippen molar-refractivity contribution in [3.63, 3.8) is 0 Å². The van der Waals surface area contributed by atoms with Crippen LogP contribution in [-0.4, -0.2) is 30.3 Å². The second-order valence-electron chi connectivity index (χ2n) is 5.26. The minimum Gasteiger partial charge on any atom is -0.497 e. The number of hydrogen-bond acceptors (Lipinski definition) is 4. The van der Waals surface area contributed by atoms with Crippen LogP contribution in [0, 0.1) is 0 Å². The number of nitrogens with one attached hydrogen (secondary N) is 2. The molecule has 0 unspecified atom stereocenters. The molecule has 1 amide bonds. The first-order valence-electron chi connectivity index (χ1n) is 7.32. The van der Waals surface area contributed by atoms with Crippen LogP contribution >= 0.6 is 0 Å². The van der Waals surface area contributed by atoms with E-state index in [4.69, 9.17) is 9.47 Å². The number of ether oxygens (including phenoxy) is 2. The van der Waals surface area contributed by atoms with Gasteiger partial charge in [-0.15, -0.1) is 0 Å². The third-order valence-electron chi connectivity index (χ3n) is 3.93. The number of aryl methyl sites for hydroxylation is 1. The first-order chi connectivity index (χ1) is 10.7. The van der Waals surface area contributed by atoms with Gasteiger partial charge < -0.3 is 14.8 Å². The van der Waals surface area contributed by atoms with E-state index in [-0.39, 0.29) is 5.91 Å². The number of anilines is 1. The lowest BCUT2D eigenvalue weighted by atomic mass is 9.96. The number of methoxy groups -OCH3 is 2. The third-order valence-corrected chi connectivity index (χ3v) is 3.93. The molecule has 0 bridgehead atoms. The number of nitrogens with zero attached hydrogens (tertiary/aromatic N) is 1. The largest absolute Gasteiger partial charge is 0.497 e. The molecule has 3 rings (SSSR count). The zero-order valence-electron chi connectivity index (χ0n) is 12.7. The fourth-order valence-electron chi connectivity index (χ4n) is 2.75. The predicted octanol–water partition coefficient (Wildman–Crippen LogP) is 2.56. The van der Waals surface area contributed by atoms with Crippen molar-refractivity contribution in [1.82, 2.24) is 10.2 Å². The van der Waals surface area contributed by atoms with E-state index in [9.17, 15) is 4.79 Å². The first-order valence-corrected chi connectivity index (χ1v) is 7.32. The summed E-state index contributed by atoms with van der Waals surface area (Å²) in [5, 5.41) is 10.0. The van der Waals surface area contributed by atoms with E-state index >= 15 is 0 Å². The van der Waals surface area contributed by atoms with Gasteiger partial charge in [-0.05, 0) is 37.8 Å². The van der Waals surface area contributed by atoms with Gasteiger partial charge in [-0.2, -0.15) is 5.10 Å². The minimum absolute atomic E-state index is 0.220. The van der Waals surface area contributed by atoms with Gasteiger partial charge >= 0.3 is 0 Å². The van der Waals surface area contributed by atoms with E-state index in [2.05, 4.69) is 15.5 Å². The number of carbonyl (C=O) groups excluding carboxylic acids is 1. The molecule has 1 aromatic carbocycles. The van der Waals surface area contributed by atoms with Crippen molar-refractivity contribution >= 4 is 11.6 Å². The predicted molar refractivity (Wildman–Crippen MR) is 82.7 cm³/mol. The van der Waals surface area contributed by atoms with Crippen molar-refractivity contribution < 1.29 is 14.3 Å². The maximum Gasteiger partial charge on any atom is 0.276 e. The summed E-state index contributed by atoms with van der Waals surface area (Å²) in [5.41, 5.74) is 3.20. The van der Waals surface area contributed by atoms with E-state index in [0.29, 0.717) is 22.9 Å². The van der Waals surface area contributed by atoms with Gasteiger partial charge in [0.2, 0.25) is 0 Å². The summed E-state index contributed by atoms with van der Waals surface area (Å²) in [6.45, 7) is 0. The number of aromatic nitrogens is 2.